The second-order valence-corrected chi connectivity index (χ2v) is 3.37. The molecule has 5 heteroatoms. The molecule has 0 aliphatic heterocycles. The SMILES string of the molecule is C=CCC(N)C(=O)c1c(OC)cnn1CC. The van der Waals surface area contributed by atoms with E-state index in [9.17, 15) is 4.79 Å². The van der Waals surface area contributed by atoms with Crippen LogP contribution in [0.5, 0.6) is 5.75 Å². The average Bonchev–Trinajstić information content (AvgIpc) is 2.70. The number of aryl methyl sites for hydroxylation is 1. The fourth-order valence-electron chi connectivity index (χ4n) is 1.47. The summed E-state index contributed by atoms with van der Waals surface area (Å²) in [5.74, 6) is 0.294. The highest BCUT2D eigenvalue weighted by atomic mass is 16.5. The molecule has 1 heterocycles. The van der Waals surface area contributed by atoms with Crippen LogP contribution in [0.2, 0.25) is 0 Å². The molecule has 0 fully saturated rings. The summed E-state index contributed by atoms with van der Waals surface area (Å²) in [5.41, 5.74) is 6.18. The van der Waals surface area contributed by atoms with E-state index < -0.39 is 6.04 Å². The number of hydrogen-bond acceptors (Lipinski definition) is 4. The van der Waals surface area contributed by atoms with E-state index in [2.05, 4.69) is 11.7 Å². The molecule has 88 valence electrons. The van der Waals surface area contributed by atoms with Gasteiger partial charge in [0.25, 0.3) is 0 Å². The molecule has 0 bridgehead atoms. The van der Waals surface area contributed by atoms with Crippen LogP contribution >= 0.6 is 0 Å². The molecule has 0 radical (unpaired) electrons. The third kappa shape index (κ3) is 2.30. The zero-order chi connectivity index (χ0) is 12.1. The maximum atomic E-state index is 12.0. The lowest BCUT2D eigenvalue weighted by molar-refractivity contribution is 0.0948. The molecule has 1 aromatic rings. The molecule has 1 aromatic heterocycles. The molecular formula is C11H17N3O2. The van der Waals surface area contributed by atoms with Crippen molar-refractivity contribution in [2.24, 2.45) is 5.73 Å². The predicted octanol–water partition coefficient (Wildman–Crippen LogP) is 0.998. The average molecular weight is 223 g/mol. The molecule has 0 spiro atoms. The van der Waals surface area contributed by atoms with Crippen LogP contribution in [-0.2, 0) is 6.54 Å². The zero-order valence-corrected chi connectivity index (χ0v) is 9.64. The predicted molar refractivity (Wildman–Crippen MR) is 61.6 cm³/mol. The number of nitrogens with zero attached hydrogens (tertiary/aromatic N) is 2. The van der Waals surface area contributed by atoms with Gasteiger partial charge in [-0.05, 0) is 13.3 Å². The molecule has 16 heavy (non-hydrogen) atoms. The number of rotatable bonds is 6. The van der Waals surface area contributed by atoms with Crippen LogP contribution in [0, 0.1) is 0 Å². The Kier molecular flexibility index (Phi) is 4.25. The van der Waals surface area contributed by atoms with E-state index in [1.807, 2.05) is 6.92 Å². The molecule has 0 aromatic carbocycles. The Bertz CT molecular complexity index is 363. The molecule has 0 saturated carbocycles. The molecule has 1 unspecified atom stereocenters. The number of carbonyl (C=O) groups excluding carboxylic acids is 1. The first-order valence-corrected chi connectivity index (χ1v) is 5.16. The quantitative estimate of drug-likeness (QED) is 0.577. The lowest BCUT2D eigenvalue weighted by Gasteiger charge is -2.10. The van der Waals surface area contributed by atoms with Crippen LogP contribution in [0.3, 0.4) is 0 Å². The molecular weight excluding hydrogens is 206 g/mol. The summed E-state index contributed by atoms with van der Waals surface area (Å²) >= 11 is 0. The summed E-state index contributed by atoms with van der Waals surface area (Å²) in [7, 11) is 1.51. The van der Waals surface area contributed by atoms with E-state index in [1.165, 1.54) is 13.3 Å². The van der Waals surface area contributed by atoms with E-state index in [4.69, 9.17) is 10.5 Å². The molecule has 2 N–H and O–H groups in total. The van der Waals surface area contributed by atoms with Crippen LogP contribution in [-0.4, -0.2) is 28.7 Å². The second kappa shape index (κ2) is 5.46. The minimum Gasteiger partial charge on any atom is -0.493 e. The molecule has 5 nitrogen and oxygen atoms in total. The Morgan fingerprint density at radius 1 is 1.81 bits per heavy atom. The monoisotopic (exact) mass is 223 g/mol. The van der Waals surface area contributed by atoms with E-state index in [1.54, 1.807) is 10.8 Å². The van der Waals surface area contributed by atoms with E-state index in [0.29, 0.717) is 24.4 Å². The standard InChI is InChI=1S/C11H17N3O2/c1-4-6-8(12)11(15)10-9(16-3)7-13-14(10)5-2/h4,7-8H,1,5-6,12H2,2-3H3. The van der Waals surface area contributed by atoms with Crippen molar-refractivity contribution in [1.82, 2.24) is 9.78 Å². The van der Waals surface area contributed by atoms with Crippen molar-refractivity contribution in [2.45, 2.75) is 25.9 Å². The molecule has 0 amide bonds. The smallest absolute Gasteiger partial charge is 0.201 e. The Labute approximate surface area is 94.9 Å². The zero-order valence-electron chi connectivity index (χ0n) is 9.64. The summed E-state index contributed by atoms with van der Waals surface area (Å²) in [6.45, 7) is 6.07. The van der Waals surface area contributed by atoms with E-state index >= 15 is 0 Å². The van der Waals surface area contributed by atoms with Gasteiger partial charge in [0.1, 0.15) is 5.69 Å². The summed E-state index contributed by atoms with van der Waals surface area (Å²) in [5, 5.41) is 4.06. The van der Waals surface area contributed by atoms with Gasteiger partial charge >= 0.3 is 0 Å². The minimum atomic E-state index is -0.589. The maximum absolute atomic E-state index is 12.0. The Morgan fingerprint density at radius 3 is 3.00 bits per heavy atom. The fourth-order valence-corrected chi connectivity index (χ4v) is 1.47. The highest BCUT2D eigenvalue weighted by Crippen LogP contribution is 2.19. The first kappa shape index (κ1) is 12.4. The van der Waals surface area contributed by atoms with Gasteiger partial charge in [0.15, 0.2) is 5.75 Å². The summed E-state index contributed by atoms with van der Waals surface area (Å²) < 4.78 is 6.68. The second-order valence-electron chi connectivity index (χ2n) is 3.37. The van der Waals surface area contributed by atoms with Crippen LogP contribution in [0.4, 0.5) is 0 Å². The highest BCUT2D eigenvalue weighted by Gasteiger charge is 2.23. The number of Topliss-reactive ketones (excluding diaryl/α,β-unsaturated/α-hetero) is 1. The molecule has 0 aliphatic carbocycles. The number of hydrogen-bond donors (Lipinski definition) is 1. The Morgan fingerprint density at radius 2 is 2.50 bits per heavy atom. The Hall–Kier alpha value is -1.62. The summed E-state index contributed by atoms with van der Waals surface area (Å²) in [6.07, 6.45) is 3.59. The van der Waals surface area contributed by atoms with Gasteiger partial charge in [0, 0.05) is 6.54 Å². The van der Waals surface area contributed by atoms with Crippen LogP contribution in [0.1, 0.15) is 23.8 Å². The van der Waals surface area contributed by atoms with Crippen LogP contribution < -0.4 is 10.5 Å². The number of carbonyl (C=O) groups is 1. The molecule has 0 aliphatic rings. The van der Waals surface area contributed by atoms with Crippen molar-refractivity contribution in [2.75, 3.05) is 7.11 Å². The van der Waals surface area contributed by atoms with Crippen LogP contribution in [0.15, 0.2) is 18.9 Å². The number of methoxy groups -OCH3 is 1. The van der Waals surface area contributed by atoms with Crippen molar-refractivity contribution in [3.63, 3.8) is 0 Å². The van der Waals surface area contributed by atoms with E-state index in [0.717, 1.165) is 0 Å². The Balaban J connectivity index is 3.04. The maximum Gasteiger partial charge on any atom is 0.201 e. The fraction of sp³-hybridized carbons (Fsp3) is 0.455. The van der Waals surface area contributed by atoms with Gasteiger partial charge < -0.3 is 10.5 Å². The number of ketones is 1. The highest BCUT2D eigenvalue weighted by molar-refractivity contribution is 6.00. The summed E-state index contributed by atoms with van der Waals surface area (Å²) in [4.78, 5) is 12.0. The van der Waals surface area contributed by atoms with Crippen molar-refractivity contribution in [3.05, 3.63) is 24.5 Å². The number of aromatic nitrogens is 2. The van der Waals surface area contributed by atoms with E-state index in [-0.39, 0.29) is 5.78 Å². The third-order valence-corrected chi connectivity index (χ3v) is 2.32. The van der Waals surface area contributed by atoms with Crippen LogP contribution in [0.25, 0.3) is 0 Å². The third-order valence-electron chi connectivity index (χ3n) is 2.32. The minimum absolute atomic E-state index is 0.170. The molecule has 1 atom stereocenters. The first-order chi connectivity index (χ1) is 7.65. The van der Waals surface area contributed by atoms with Gasteiger partial charge in [-0.15, -0.1) is 6.58 Å². The largest absolute Gasteiger partial charge is 0.493 e. The lowest BCUT2D eigenvalue weighted by atomic mass is 10.1. The topological polar surface area (TPSA) is 70.1 Å². The molecule has 1 rings (SSSR count). The number of nitrogens with two attached hydrogens (primary N) is 1. The van der Waals surface area contributed by atoms with Crippen molar-refractivity contribution in [3.8, 4) is 5.75 Å². The van der Waals surface area contributed by atoms with Gasteiger partial charge in [-0.1, -0.05) is 6.08 Å². The van der Waals surface area contributed by atoms with Gasteiger partial charge in [0.05, 0.1) is 19.3 Å². The first-order valence-electron chi connectivity index (χ1n) is 5.16. The van der Waals surface area contributed by atoms with Crippen molar-refractivity contribution in [1.29, 1.82) is 0 Å². The van der Waals surface area contributed by atoms with Gasteiger partial charge in [0.2, 0.25) is 5.78 Å². The number of ether oxygens (including phenoxy) is 1. The van der Waals surface area contributed by atoms with Crippen molar-refractivity contribution < 1.29 is 9.53 Å². The molecule has 0 saturated heterocycles. The van der Waals surface area contributed by atoms with Gasteiger partial charge in [-0.2, -0.15) is 5.10 Å². The van der Waals surface area contributed by atoms with Gasteiger partial charge in [-0.3, -0.25) is 9.48 Å². The van der Waals surface area contributed by atoms with Crippen molar-refractivity contribution >= 4 is 5.78 Å². The van der Waals surface area contributed by atoms with Gasteiger partial charge in [-0.25, -0.2) is 0 Å². The normalized spacial score (nSPS) is 12.2. The lowest BCUT2D eigenvalue weighted by Crippen LogP contribution is -2.31. The summed E-state index contributed by atoms with van der Waals surface area (Å²) in [6, 6.07) is -0.589.